The molecule has 0 aliphatic heterocycles. The molecule has 2 aromatic rings. The summed E-state index contributed by atoms with van der Waals surface area (Å²) < 4.78 is 5.12. The van der Waals surface area contributed by atoms with Gasteiger partial charge in [0.15, 0.2) is 0 Å². The number of anilines is 2. The van der Waals surface area contributed by atoms with E-state index in [-0.39, 0.29) is 11.4 Å². The van der Waals surface area contributed by atoms with E-state index in [0.717, 1.165) is 6.07 Å². The van der Waals surface area contributed by atoms with Crippen LogP contribution in [-0.2, 0) is 0 Å². The summed E-state index contributed by atoms with van der Waals surface area (Å²) in [6, 6.07) is 7.92. The second kappa shape index (κ2) is 7.23. The van der Waals surface area contributed by atoms with Crippen molar-refractivity contribution >= 4 is 28.7 Å². The Kier molecular flexibility index (Phi) is 5.09. The van der Waals surface area contributed by atoms with Crippen LogP contribution in [0, 0.1) is 20.2 Å². The number of benzene rings is 2. The molecule has 2 rings (SSSR count). The molecule has 0 spiro atoms. The van der Waals surface area contributed by atoms with E-state index >= 15 is 0 Å². The van der Waals surface area contributed by atoms with Crippen molar-refractivity contribution < 1.29 is 24.6 Å². The average Bonchev–Trinajstić information content (AvgIpc) is 2.61. The number of nitrogens with one attached hydrogen (secondary N) is 2. The number of rotatable bonds is 6. The first-order valence-electron chi connectivity index (χ1n) is 6.70. The van der Waals surface area contributed by atoms with Gasteiger partial charge < -0.3 is 10.1 Å². The third-order valence-corrected chi connectivity index (χ3v) is 3.22. The van der Waals surface area contributed by atoms with Gasteiger partial charge in [0.25, 0.3) is 17.3 Å². The van der Waals surface area contributed by atoms with E-state index < -0.39 is 32.7 Å². The Labute approximate surface area is 140 Å². The lowest BCUT2D eigenvalue weighted by Crippen LogP contribution is -2.20. The van der Waals surface area contributed by atoms with E-state index in [0.29, 0.717) is 11.8 Å². The smallest absolute Gasteiger partial charge is 0.300 e. The Balaban J connectivity index is 2.70. The number of hydrogen-bond donors (Lipinski definition) is 3. The third kappa shape index (κ3) is 3.61. The van der Waals surface area contributed by atoms with E-state index in [1.165, 1.54) is 18.7 Å². The fourth-order valence-electron chi connectivity index (χ4n) is 2.11. The molecule has 0 atom stereocenters. The van der Waals surface area contributed by atoms with Crippen molar-refractivity contribution in [1.82, 2.24) is 5.48 Å². The molecule has 130 valence electrons. The predicted molar refractivity (Wildman–Crippen MR) is 85.3 cm³/mol. The van der Waals surface area contributed by atoms with Crippen molar-refractivity contribution in [3.63, 3.8) is 0 Å². The van der Waals surface area contributed by atoms with Crippen LogP contribution < -0.4 is 15.5 Å². The molecule has 0 saturated heterocycles. The SMILES string of the molecule is COc1ccccc1Nc1c(C(=O)NO)cc([N+](=O)[O-])cc1[N+](=O)[O-]. The van der Waals surface area contributed by atoms with Crippen molar-refractivity contribution in [2.24, 2.45) is 0 Å². The van der Waals surface area contributed by atoms with Crippen LogP contribution in [-0.4, -0.2) is 28.1 Å². The summed E-state index contributed by atoms with van der Waals surface area (Å²) in [5.74, 6) is -0.824. The van der Waals surface area contributed by atoms with Crippen molar-refractivity contribution in [1.29, 1.82) is 0 Å². The first-order chi connectivity index (χ1) is 11.9. The van der Waals surface area contributed by atoms with Gasteiger partial charge in [0.05, 0.1) is 34.3 Å². The predicted octanol–water partition coefficient (Wildman–Crippen LogP) is 2.37. The van der Waals surface area contributed by atoms with E-state index in [1.807, 2.05) is 0 Å². The van der Waals surface area contributed by atoms with Gasteiger partial charge in [-0.05, 0) is 12.1 Å². The second-order valence-corrected chi connectivity index (χ2v) is 4.67. The highest BCUT2D eigenvalue weighted by molar-refractivity contribution is 6.03. The van der Waals surface area contributed by atoms with E-state index in [1.54, 1.807) is 18.2 Å². The van der Waals surface area contributed by atoms with Gasteiger partial charge in [-0.25, -0.2) is 5.48 Å². The lowest BCUT2D eigenvalue weighted by Gasteiger charge is -2.14. The Bertz CT molecular complexity index is 853. The standard InChI is InChI=1S/C14H12N4O7/c1-25-12-5-3-2-4-10(12)15-13-9(14(19)16-20)6-8(17(21)22)7-11(13)18(23)24/h2-7,15,20H,1H3,(H,16,19). The number of nitro groups is 2. The number of ether oxygens (including phenoxy) is 1. The minimum atomic E-state index is -1.15. The highest BCUT2D eigenvalue weighted by atomic mass is 16.6. The number of nitrogens with zero attached hydrogens (tertiary/aromatic N) is 2. The topological polar surface area (TPSA) is 157 Å². The molecule has 2 aromatic carbocycles. The van der Waals surface area contributed by atoms with Crippen LogP contribution in [0.25, 0.3) is 0 Å². The van der Waals surface area contributed by atoms with Crippen LogP contribution in [0.3, 0.4) is 0 Å². The molecule has 0 unspecified atom stereocenters. The largest absolute Gasteiger partial charge is 0.495 e. The van der Waals surface area contributed by atoms with Gasteiger partial charge in [-0.3, -0.25) is 30.2 Å². The first-order valence-corrected chi connectivity index (χ1v) is 6.70. The molecule has 25 heavy (non-hydrogen) atoms. The van der Waals surface area contributed by atoms with Crippen LogP contribution in [0.1, 0.15) is 10.4 Å². The summed E-state index contributed by atoms with van der Waals surface area (Å²) in [6.45, 7) is 0. The van der Waals surface area contributed by atoms with Gasteiger partial charge in [0, 0.05) is 6.07 Å². The number of methoxy groups -OCH3 is 1. The molecule has 0 aliphatic rings. The molecule has 3 N–H and O–H groups in total. The summed E-state index contributed by atoms with van der Waals surface area (Å²) >= 11 is 0. The van der Waals surface area contributed by atoms with Gasteiger partial charge in [-0.1, -0.05) is 12.1 Å². The number of para-hydroxylation sites is 2. The second-order valence-electron chi connectivity index (χ2n) is 4.67. The average molecular weight is 348 g/mol. The Hall–Kier alpha value is -3.73. The first kappa shape index (κ1) is 17.6. The number of nitro benzene ring substituents is 2. The molecule has 0 heterocycles. The van der Waals surface area contributed by atoms with Gasteiger partial charge in [-0.2, -0.15) is 0 Å². The molecule has 0 radical (unpaired) electrons. The summed E-state index contributed by atoms with van der Waals surface area (Å²) in [6.07, 6.45) is 0. The minimum absolute atomic E-state index is 0.286. The van der Waals surface area contributed by atoms with Crippen molar-refractivity contribution in [3.05, 3.63) is 62.2 Å². The molecular formula is C14H12N4O7. The summed E-state index contributed by atoms with van der Waals surface area (Å²) in [5, 5.41) is 33.8. The molecule has 1 amide bonds. The van der Waals surface area contributed by atoms with Gasteiger partial charge in [0.1, 0.15) is 11.4 Å². The van der Waals surface area contributed by atoms with Gasteiger partial charge in [0.2, 0.25) is 0 Å². The molecule has 0 fully saturated rings. The number of hydroxylamine groups is 1. The molecule has 11 heteroatoms. The van der Waals surface area contributed by atoms with Crippen LogP contribution in [0.15, 0.2) is 36.4 Å². The molecule has 0 aliphatic carbocycles. The van der Waals surface area contributed by atoms with Crippen molar-refractivity contribution in [3.8, 4) is 5.75 Å². The molecule has 0 bridgehead atoms. The number of carbonyl (C=O) groups is 1. The molecular weight excluding hydrogens is 336 g/mol. The van der Waals surface area contributed by atoms with Crippen molar-refractivity contribution in [2.75, 3.05) is 12.4 Å². The fourth-order valence-corrected chi connectivity index (χ4v) is 2.11. The van der Waals surface area contributed by atoms with Crippen molar-refractivity contribution in [2.45, 2.75) is 0 Å². The summed E-state index contributed by atoms with van der Waals surface area (Å²) in [4.78, 5) is 32.4. The Morgan fingerprint density at radius 1 is 1.16 bits per heavy atom. The Morgan fingerprint density at radius 3 is 2.40 bits per heavy atom. The van der Waals surface area contributed by atoms with Crippen LogP contribution in [0.5, 0.6) is 5.75 Å². The molecule has 11 nitrogen and oxygen atoms in total. The maximum atomic E-state index is 11.9. The maximum absolute atomic E-state index is 11.9. The zero-order chi connectivity index (χ0) is 18.6. The zero-order valence-corrected chi connectivity index (χ0v) is 12.8. The monoisotopic (exact) mass is 348 g/mol. The van der Waals surface area contributed by atoms with E-state index in [9.17, 15) is 25.0 Å². The number of amides is 1. The lowest BCUT2D eigenvalue weighted by atomic mass is 10.1. The summed E-state index contributed by atoms with van der Waals surface area (Å²) in [5.41, 5.74) is -0.586. The highest BCUT2D eigenvalue weighted by Crippen LogP contribution is 2.37. The Morgan fingerprint density at radius 2 is 1.84 bits per heavy atom. The maximum Gasteiger partial charge on any atom is 0.300 e. The minimum Gasteiger partial charge on any atom is -0.495 e. The lowest BCUT2D eigenvalue weighted by molar-refractivity contribution is -0.393. The van der Waals surface area contributed by atoms with E-state index in [4.69, 9.17) is 9.94 Å². The van der Waals surface area contributed by atoms with Crippen LogP contribution >= 0.6 is 0 Å². The van der Waals surface area contributed by atoms with Gasteiger partial charge in [-0.15, -0.1) is 0 Å². The van der Waals surface area contributed by atoms with E-state index in [2.05, 4.69) is 5.32 Å². The normalized spacial score (nSPS) is 10.0. The molecule has 0 aromatic heterocycles. The number of hydrogen-bond acceptors (Lipinski definition) is 8. The van der Waals surface area contributed by atoms with Crippen LogP contribution in [0.4, 0.5) is 22.7 Å². The zero-order valence-electron chi connectivity index (χ0n) is 12.8. The highest BCUT2D eigenvalue weighted by Gasteiger charge is 2.28. The van der Waals surface area contributed by atoms with Gasteiger partial charge >= 0.3 is 0 Å². The number of non-ortho nitro benzene ring substituents is 1. The fraction of sp³-hybridized carbons (Fsp3) is 0.0714. The quantitative estimate of drug-likeness (QED) is 0.408. The number of carbonyl (C=O) groups excluding carboxylic acids is 1. The van der Waals surface area contributed by atoms with Crippen LogP contribution in [0.2, 0.25) is 0 Å². The molecule has 0 saturated carbocycles. The third-order valence-electron chi connectivity index (χ3n) is 3.22. The summed E-state index contributed by atoms with van der Waals surface area (Å²) in [7, 11) is 1.38.